The van der Waals surface area contributed by atoms with Gasteiger partial charge >= 0.3 is 0 Å². The second kappa shape index (κ2) is 3.18. The molecule has 0 aromatic heterocycles. The summed E-state index contributed by atoms with van der Waals surface area (Å²) in [5.41, 5.74) is 4.76. The Labute approximate surface area is 84.1 Å². The maximum absolute atomic E-state index is 11.5. The highest BCUT2D eigenvalue weighted by atomic mass is 32.2. The van der Waals surface area contributed by atoms with Crippen molar-refractivity contribution in [2.75, 3.05) is 12.3 Å². The van der Waals surface area contributed by atoms with Crippen molar-refractivity contribution < 1.29 is 8.42 Å². The van der Waals surface area contributed by atoms with Gasteiger partial charge in [-0.05, 0) is 20.3 Å². The van der Waals surface area contributed by atoms with Crippen LogP contribution in [0.3, 0.4) is 0 Å². The Morgan fingerprint density at radius 2 is 2.08 bits per heavy atom. The first-order chi connectivity index (χ1) is 5.78. The molecule has 1 rings (SSSR count). The zero-order chi connectivity index (χ0) is 10.3. The van der Waals surface area contributed by atoms with Gasteiger partial charge in [0.05, 0.1) is 16.3 Å². The molecule has 6 heteroatoms. The Bertz CT molecular complexity index is 321. The Morgan fingerprint density at radius 1 is 1.54 bits per heavy atom. The molecule has 0 aliphatic carbocycles. The number of rotatable bonds is 2. The fourth-order valence-corrected chi connectivity index (χ4v) is 3.47. The molecule has 1 aliphatic heterocycles. The molecule has 13 heavy (non-hydrogen) atoms. The van der Waals surface area contributed by atoms with Crippen LogP contribution in [0.1, 0.15) is 20.3 Å². The van der Waals surface area contributed by atoms with Gasteiger partial charge in [0.25, 0.3) is 0 Å². The monoisotopic (exact) mass is 222 g/mol. The molecule has 0 amide bonds. The highest BCUT2D eigenvalue weighted by molar-refractivity contribution is 7.89. The van der Waals surface area contributed by atoms with Gasteiger partial charge in [-0.1, -0.05) is 12.2 Å². The van der Waals surface area contributed by atoms with Gasteiger partial charge in [-0.3, -0.25) is 0 Å². The lowest BCUT2D eigenvalue weighted by Crippen LogP contribution is -2.52. The third kappa shape index (κ3) is 1.84. The number of sulfonamides is 1. The van der Waals surface area contributed by atoms with Crippen molar-refractivity contribution in [2.24, 2.45) is 5.73 Å². The highest BCUT2D eigenvalue weighted by Gasteiger charge is 2.41. The van der Waals surface area contributed by atoms with Gasteiger partial charge in [0.2, 0.25) is 10.0 Å². The van der Waals surface area contributed by atoms with Crippen molar-refractivity contribution in [2.45, 2.75) is 25.8 Å². The van der Waals surface area contributed by atoms with E-state index in [1.165, 1.54) is 4.31 Å². The lowest BCUT2D eigenvalue weighted by atomic mass is 10.1. The quantitative estimate of drug-likeness (QED) is 0.672. The van der Waals surface area contributed by atoms with Gasteiger partial charge in [0.1, 0.15) is 0 Å². The summed E-state index contributed by atoms with van der Waals surface area (Å²) < 4.78 is 24.4. The van der Waals surface area contributed by atoms with Gasteiger partial charge < -0.3 is 5.73 Å². The Morgan fingerprint density at radius 3 is 2.38 bits per heavy atom. The predicted octanol–water partition coefficient (Wildman–Crippen LogP) is 0.0866. The van der Waals surface area contributed by atoms with E-state index >= 15 is 0 Å². The van der Waals surface area contributed by atoms with Crippen LogP contribution < -0.4 is 5.73 Å². The molecule has 4 nitrogen and oxygen atoms in total. The average molecular weight is 222 g/mol. The minimum atomic E-state index is -3.12. The van der Waals surface area contributed by atoms with Gasteiger partial charge in [-0.25, -0.2) is 8.42 Å². The topological polar surface area (TPSA) is 63.4 Å². The molecule has 1 fully saturated rings. The van der Waals surface area contributed by atoms with E-state index in [1.807, 2.05) is 0 Å². The summed E-state index contributed by atoms with van der Waals surface area (Å²) >= 11 is 4.84. The summed E-state index contributed by atoms with van der Waals surface area (Å²) in [6.45, 7) is 3.99. The van der Waals surface area contributed by atoms with E-state index in [-0.39, 0.29) is 10.7 Å². The van der Waals surface area contributed by atoms with Crippen LogP contribution in [0.25, 0.3) is 0 Å². The van der Waals surface area contributed by atoms with E-state index in [4.69, 9.17) is 18.0 Å². The first kappa shape index (κ1) is 10.9. The van der Waals surface area contributed by atoms with Crippen LogP contribution in [0.2, 0.25) is 0 Å². The minimum absolute atomic E-state index is 0.207. The lowest BCUT2D eigenvalue weighted by molar-refractivity contribution is 0.324. The van der Waals surface area contributed by atoms with E-state index in [0.717, 1.165) is 0 Å². The van der Waals surface area contributed by atoms with Crippen LogP contribution in [-0.4, -0.2) is 35.5 Å². The third-order valence-corrected chi connectivity index (χ3v) is 4.94. The van der Waals surface area contributed by atoms with Crippen molar-refractivity contribution in [3.63, 3.8) is 0 Å². The summed E-state index contributed by atoms with van der Waals surface area (Å²) in [5, 5.41) is 0. The van der Waals surface area contributed by atoms with E-state index < -0.39 is 15.6 Å². The normalized spacial score (nSPS) is 23.2. The second-order valence-electron chi connectivity index (χ2n) is 3.66. The molecule has 0 aromatic rings. The van der Waals surface area contributed by atoms with Gasteiger partial charge in [0, 0.05) is 6.54 Å². The molecule has 0 aromatic carbocycles. The number of nitrogens with two attached hydrogens (primary N) is 1. The van der Waals surface area contributed by atoms with Crippen LogP contribution in [0.5, 0.6) is 0 Å². The average Bonchev–Trinajstić information content (AvgIpc) is 2.29. The van der Waals surface area contributed by atoms with E-state index in [9.17, 15) is 8.42 Å². The van der Waals surface area contributed by atoms with Crippen molar-refractivity contribution >= 4 is 27.2 Å². The molecule has 0 spiro atoms. The Balaban J connectivity index is 3.02. The molecular weight excluding hydrogens is 208 g/mol. The summed E-state index contributed by atoms with van der Waals surface area (Å²) in [4.78, 5) is 0.220. The first-order valence-electron chi connectivity index (χ1n) is 4.09. The van der Waals surface area contributed by atoms with E-state index in [0.29, 0.717) is 13.0 Å². The van der Waals surface area contributed by atoms with Crippen molar-refractivity contribution in [1.82, 2.24) is 4.31 Å². The number of hydrogen-bond donors (Lipinski definition) is 1. The smallest absolute Gasteiger partial charge is 0.215 e. The molecule has 0 atom stereocenters. The summed E-state index contributed by atoms with van der Waals surface area (Å²) in [6.07, 6.45) is 0.661. The predicted molar refractivity (Wildman–Crippen MR) is 56.0 cm³/mol. The van der Waals surface area contributed by atoms with Crippen molar-refractivity contribution in [3.8, 4) is 0 Å². The largest absolute Gasteiger partial charge is 0.392 e. The molecule has 0 radical (unpaired) electrons. The number of nitrogens with zero attached hydrogens (tertiary/aromatic N) is 1. The molecule has 1 heterocycles. The Hall–Kier alpha value is -0.200. The van der Waals surface area contributed by atoms with Crippen LogP contribution >= 0.6 is 12.2 Å². The van der Waals surface area contributed by atoms with Crippen LogP contribution in [0.4, 0.5) is 0 Å². The van der Waals surface area contributed by atoms with Crippen LogP contribution in [0.15, 0.2) is 0 Å². The molecule has 0 bridgehead atoms. The number of thiocarbonyl (C=S) groups is 1. The van der Waals surface area contributed by atoms with Crippen LogP contribution in [-0.2, 0) is 10.0 Å². The zero-order valence-corrected chi connectivity index (χ0v) is 9.41. The summed E-state index contributed by atoms with van der Waals surface area (Å²) in [5.74, 6) is 0.207. The maximum Gasteiger partial charge on any atom is 0.215 e. The molecule has 76 valence electrons. The van der Waals surface area contributed by atoms with Crippen LogP contribution in [0, 0.1) is 0 Å². The third-order valence-electron chi connectivity index (χ3n) is 2.33. The van der Waals surface area contributed by atoms with Gasteiger partial charge in [-0.2, -0.15) is 4.31 Å². The maximum atomic E-state index is 11.5. The molecule has 1 saturated heterocycles. The Kier molecular flexibility index (Phi) is 2.66. The highest BCUT2D eigenvalue weighted by Crippen LogP contribution is 2.25. The van der Waals surface area contributed by atoms with E-state index in [2.05, 4.69) is 0 Å². The first-order valence-corrected chi connectivity index (χ1v) is 6.10. The minimum Gasteiger partial charge on any atom is -0.392 e. The molecule has 0 unspecified atom stereocenters. The van der Waals surface area contributed by atoms with Crippen molar-refractivity contribution in [1.29, 1.82) is 0 Å². The lowest BCUT2D eigenvalue weighted by Gasteiger charge is -2.32. The van der Waals surface area contributed by atoms with Gasteiger partial charge in [0.15, 0.2) is 0 Å². The van der Waals surface area contributed by atoms with Crippen molar-refractivity contribution in [3.05, 3.63) is 0 Å². The fraction of sp³-hybridized carbons (Fsp3) is 0.857. The molecule has 1 aliphatic rings. The molecular formula is C7H14N2O2S2. The summed E-state index contributed by atoms with van der Waals surface area (Å²) in [7, 11) is -3.12. The standard InChI is InChI=1S/C7H14N2O2S2/c1-7(2,6(8)12)9-4-3-5-13(9,10)11/h3-5H2,1-2H3,(H2,8,12). The number of hydrogen-bond acceptors (Lipinski definition) is 3. The van der Waals surface area contributed by atoms with E-state index in [1.54, 1.807) is 13.8 Å². The molecule has 2 N–H and O–H groups in total. The SMILES string of the molecule is CC(C)(C(N)=S)N1CCCS1(=O)=O. The zero-order valence-electron chi connectivity index (χ0n) is 7.78. The van der Waals surface area contributed by atoms with Gasteiger partial charge in [-0.15, -0.1) is 0 Å². The fourth-order valence-electron chi connectivity index (χ4n) is 1.39. The molecule has 0 saturated carbocycles. The summed E-state index contributed by atoms with van der Waals surface area (Å²) in [6, 6.07) is 0. The second-order valence-corrected chi connectivity index (χ2v) is 6.12.